The van der Waals surface area contributed by atoms with Crippen molar-refractivity contribution in [1.29, 1.82) is 0 Å². The van der Waals surface area contributed by atoms with Crippen LogP contribution in [0.3, 0.4) is 0 Å². The third-order valence-corrected chi connectivity index (χ3v) is 5.26. The molecule has 3 heterocycles. The van der Waals surface area contributed by atoms with E-state index in [4.69, 9.17) is 9.47 Å². The zero-order chi connectivity index (χ0) is 15.4. The van der Waals surface area contributed by atoms with E-state index < -0.39 is 0 Å². The maximum atomic E-state index is 12.1. The Morgan fingerprint density at radius 2 is 2.41 bits per heavy atom. The summed E-state index contributed by atoms with van der Waals surface area (Å²) in [6.45, 7) is 3.15. The molecular weight excluding hydrogens is 300 g/mol. The second kappa shape index (κ2) is 7.55. The second-order valence-corrected chi connectivity index (χ2v) is 6.76. The molecule has 2 aliphatic heterocycles. The number of likely N-dealkylation sites (tertiary alicyclic amines) is 1. The quantitative estimate of drug-likeness (QED) is 0.808. The first-order valence-electron chi connectivity index (χ1n) is 7.95. The molecule has 3 rings (SSSR count). The van der Waals surface area contributed by atoms with E-state index in [1.54, 1.807) is 18.4 Å². The molecule has 1 amide bonds. The molecule has 0 spiro atoms. The van der Waals surface area contributed by atoms with Crippen LogP contribution in [0.4, 0.5) is 0 Å². The zero-order valence-electron chi connectivity index (χ0n) is 13.0. The summed E-state index contributed by atoms with van der Waals surface area (Å²) in [6, 6.07) is 2.65. The Kier molecular flexibility index (Phi) is 5.46. The minimum atomic E-state index is -0.292. The summed E-state index contributed by atoms with van der Waals surface area (Å²) in [6.07, 6.45) is 2.78. The molecule has 2 fully saturated rings. The molecule has 122 valence electrons. The lowest BCUT2D eigenvalue weighted by atomic mass is 9.98. The van der Waals surface area contributed by atoms with Gasteiger partial charge in [0.25, 0.3) is 0 Å². The smallest absolute Gasteiger partial charge is 0.249 e. The van der Waals surface area contributed by atoms with Crippen LogP contribution in [0.25, 0.3) is 0 Å². The van der Waals surface area contributed by atoms with E-state index >= 15 is 0 Å². The Morgan fingerprint density at radius 1 is 1.50 bits per heavy atom. The van der Waals surface area contributed by atoms with E-state index in [0.717, 1.165) is 32.4 Å². The van der Waals surface area contributed by atoms with Gasteiger partial charge in [0.15, 0.2) is 0 Å². The van der Waals surface area contributed by atoms with Gasteiger partial charge in [-0.15, -0.1) is 0 Å². The van der Waals surface area contributed by atoms with E-state index in [9.17, 15) is 4.79 Å². The summed E-state index contributed by atoms with van der Waals surface area (Å²) in [5, 5.41) is 7.22. The highest BCUT2D eigenvalue weighted by Crippen LogP contribution is 2.32. The average Bonchev–Trinajstić information content (AvgIpc) is 3.18. The number of hydrogen-bond donors (Lipinski definition) is 1. The number of carbonyl (C=O) groups is 1. The van der Waals surface area contributed by atoms with Crippen LogP contribution in [0.5, 0.6) is 0 Å². The Hall–Kier alpha value is -0.950. The van der Waals surface area contributed by atoms with Crippen LogP contribution < -0.4 is 5.32 Å². The van der Waals surface area contributed by atoms with Gasteiger partial charge in [0.05, 0.1) is 12.7 Å². The topological polar surface area (TPSA) is 50.8 Å². The fraction of sp³-hybridized carbons (Fsp3) is 0.688. The molecule has 0 bridgehead atoms. The van der Waals surface area contributed by atoms with Gasteiger partial charge < -0.3 is 14.8 Å². The average molecular weight is 324 g/mol. The summed E-state index contributed by atoms with van der Waals surface area (Å²) in [5.74, 6) is 0.00628. The SMILES string of the molecule is COCCNC(=O)[C@H]1CC[C@@H]2[C@@H](CCN2Cc2ccsc2)O1. The van der Waals surface area contributed by atoms with Gasteiger partial charge >= 0.3 is 0 Å². The number of carbonyl (C=O) groups excluding carboxylic acids is 1. The largest absolute Gasteiger partial charge is 0.383 e. The third kappa shape index (κ3) is 3.68. The first-order chi connectivity index (χ1) is 10.8. The van der Waals surface area contributed by atoms with Crippen molar-refractivity contribution in [3.05, 3.63) is 22.4 Å². The van der Waals surface area contributed by atoms with Crippen molar-refractivity contribution in [2.45, 2.75) is 44.1 Å². The molecule has 1 aromatic rings. The molecule has 1 aromatic heterocycles. The summed E-state index contributed by atoms with van der Waals surface area (Å²) in [4.78, 5) is 14.6. The lowest BCUT2D eigenvalue weighted by Crippen LogP contribution is -2.48. The third-order valence-electron chi connectivity index (χ3n) is 4.53. The molecular formula is C16H24N2O3S. The first kappa shape index (κ1) is 15.9. The van der Waals surface area contributed by atoms with Gasteiger partial charge in [-0.25, -0.2) is 0 Å². The van der Waals surface area contributed by atoms with Crippen molar-refractivity contribution < 1.29 is 14.3 Å². The van der Waals surface area contributed by atoms with Crippen molar-refractivity contribution in [1.82, 2.24) is 10.2 Å². The summed E-state index contributed by atoms with van der Waals surface area (Å²) >= 11 is 1.74. The van der Waals surface area contributed by atoms with E-state index in [1.165, 1.54) is 5.56 Å². The van der Waals surface area contributed by atoms with Gasteiger partial charge in [-0.2, -0.15) is 11.3 Å². The van der Waals surface area contributed by atoms with Gasteiger partial charge in [-0.1, -0.05) is 0 Å². The van der Waals surface area contributed by atoms with Crippen LogP contribution in [0.15, 0.2) is 16.8 Å². The number of amides is 1. The number of hydrogen-bond acceptors (Lipinski definition) is 5. The van der Waals surface area contributed by atoms with Crippen LogP contribution >= 0.6 is 11.3 Å². The monoisotopic (exact) mass is 324 g/mol. The van der Waals surface area contributed by atoms with Crippen molar-refractivity contribution in [2.24, 2.45) is 0 Å². The molecule has 6 heteroatoms. The molecule has 2 saturated heterocycles. The Morgan fingerprint density at radius 3 is 3.18 bits per heavy atom. The normalized spacial score (nSPS) is 28.5. The molecule has 1 N–H and O–H groups in total. The number of thiophene rings is 1. The molecule has 5 nitrogen and oxygen atoms in total. The number of nitrogens with one attached hydrogen (secondary N) is 1. The molecule has 0 radical (unpaired) electrons. The maximum absolute atomic E-state index is 12.1. The van der Waals surface area contributed by atoms with E-state index in [2.05, 4.69) is 27.0 Å². The van der Waals surface area contributed by atoms with Gasteiger partial charge in [-0.05, 0) is 41.7 Å². The molecule has 0 unspecified atom stereocenters. The number of rotatable bonds is 6. The standard InChI is InChI=1S/C16H24N2O3S/c1-20-8-6-17-16(19)15-3-2-13-14(21-15)4-7-18(13)10-12-5-9-22-11-12/h5,9,11,13-15H,2-4,6-8,10H2,1H3,(H,17,19)/t13-,14-,15-/m1/s1. The van der Waals surface area contributed by atoms with E-state index in [-0.39, 0.29) is 18.1 Å². The van der Waals surface area contributed by atoms with Gasteiger partial charge in [0.1, 0.15) is 6.10 Å². The van der Waals surface area contributed by atoms with Crippen LogP contribution in [0.2, 0.25) is 0 Å². The number of nitrogens with zero attached hydrogens (tertiary/aromatic N) is 1. The van der Waals surface area contributed by atoms with Crippen LogP contribution in [0.1, 0.15) is 24.8 Å². The van der Waals surface area contributed by atoms with Crippen molar-refractivity contribution in [3.63, 3.8) is 0 Å². The minimum absolute atomic E-state index is 0.00628. The van der Waals surface area contributed by atoms with Crippen molar-refractivity contribution in [3.8, 4) is 0 Å². The molecule has 2 aliphatic rings. The molecule has 0 aliphatic carbocycles. The van der Waals surface area contributed by atoms with E-state index in [0.29, 0.717) is 19.2 Å². The molecule has 22 heavy (non-hydrogen) atoms. The minimum Gasteiger partial charge on any atom is -0.383 e. The van der Waals surface area contributed by atoms with Gasteiger partial charge in [-0.3, -0.25) is 9.69 Å². The fourth-order valence-corrected chi connectivity index (χ4v) is 4.07. The maximum Gasteiger partial charge on any atom is 0.249 e. The highest BCUT2D eigenvalue weighted by molar-refractivity contribution is 7.07. The predicted octanol–water partition coefficient (Wildman–Crippen LogP) is 1.63. The van der Waals surface area contributed by atoms with Gasteiger partial charge in [0, 0.05) is 32.8 Å². The zero-order valence-corrected chi connectivity index (χ0v) is 13.8. The van der Waals surface area contributed by atoms with Crippen molar-refractivity contribution in [2.75, 3.05) is 26.8 Å². The first-order valence-corrected chi connectivity index (χ1v) is 8.89. The lowest BCUT2D eigenvalue weighted by Gasteiger charge is -2.35. The highest BCUT2D eigenvalue weighted by Gasteiger charge is 2.41. The fourth-order valence-electron chi connectivity index (χ4n) is 3.41. The Balaban J connectivity index is 1.49. The van der Waals surface area contributed by atoms with Crippen LogP contribution in [0, 0.1) is 0 Å². The van der Waals surface area contributed by atoms with Crippen LogP contribution in [-0.4, -0.2) is 55.9 Å². The van der Waals surface area contributed by atoms with Gasteiger partial charge in [0.2, 0.25) is 5.91 Å². The Labute approximate surface area is 135 Å². The lowest BCUT2D eigenvalue weighted by molar-refractivity contribution is -0.144. The Bertz CT molecular complexity index is 480. The van der Waals surface area contributed by atoms with E-state index in [1.807, 2.05) is 0 Å². The number of ether oxygens (including phenoxy) is 2. The summed E-state index contributed by atoms with van der Waals surface area (Å²) < 4.78 is 11.0. The second-order valence-electron chi connectivity index (χ2n) is 5.98. The highest BCUT2D eigenvalue weighted by atomic mass is 32.1. The number of fused-ring (bicyclic) bond motifs is 1. The predicted molar refractivity (Wildman–Crippen MR) is 85.9 cm³/mol. The molecule has 0 aromatic carbocycles. The summed E-state index contributed by atoms with van der Waals surface area (Å²) in [5.41, 5.74) is 1.38. The molecule has 3 atom stereocenters. The molecule has 0 saturated carbocycles. The van der Waals surface area contributed by atoms with Crippen LogP contribution in [-0.2, 0) is 20.8 Å². The number of methoxy groups -OCH3 is 1. The summed E-state index contributed by atoms with van der Waals surface area (Å²) in [7, 11) is 1.63. The van der Waals surface area contributed by atoms with Crippen molar-refractivity contribution >= 4 is 17.2 Å².